The van der Waals surface area contributed by atoms with E-state index in [0.29, 0.717) is 17.4 Å². The van der Waals surface area contributed by atoms with Crippen LogP contribution in [0.5, 0.6) is 0 Å². The normalized spacial score (nSPS) is 15.2. The molecular weight excluding hydrogens is 912 g/mol. The molecule has 8 nitrogen and oxygen atoms in total. The second kappa shape index (κ2) is 52.0. The van der Waals surface area contributed by atoms with Crippen molar-refractivity contribution in [2.45, 2.75) is 193 Å². The van der Waals surface area contributed by atoms with E-state index in [0.717, 1.165) is 122 Å². The maximum absolute atomic E-state index is 12.9. The third-order valence-electron chi connectivity index (χ3n) is 11.3. The Morgan fingerprint density at radius 1 is 0.514 bits per heavy atom. The van der Waals surface area contributed by atoms with E-state index in [1.54, 1.807) is 6.08 Å². The molecule has 9 heteroatoms. The molecule has 406 valence electrons. The SMILES string of the molecule is C/C=C/CC/C=C/CC/C=C/C(O)C(COP(=O)([O-])OCC[N+](C)(C)C)NC(=O)CCCCCCCCCCCC/C=C\C/C=C\C/C=C\C/C=C\C/C=C\C/C=C\C/C=C\C/C=C\C/C=C\C/C=C\CC. The number of phosphoric acid groups is 1. The molecule has 0 rings (SSSR count). The van der Waals surface area contributed by atoms with Gasteiger partial charge >= 0.3 is 0 Å². The molecule has 0 spiro atoms. The molecule has 0 aromatic heterocycles. The van der Waals surface area contributed by atoms with Gasteiger partial charge in [-0.1, -0.05) is 216 Å². The van der Waals surface area contributed by atoms with Gasteiger partial charge in [-0.3, -0.25) is 9.36 Å². The molecular formula is C63H103N2O6P. The Labute approximate surface area is 441 Å². The quantitative estimate of drug-likeness (QED) is 0.0272. The predicted octanol–water partition coefficient (Wildman–Crippen LogP) is 16.5. The van der Waals surface area contributed by atoms with E-state index < -0.39 is 26.6 Å². The first-order chi connectivity index (χ1) is 35.0. The zero-order valence-electron chi connectivity index (χ0n) is 46.1. The van der Waals surface area contributed by atoms with Crippen molar-refractivity contribution in [3.63, 3.8) is 0 Å². The molecule has 3 atom stereocenters. The highest BCUT2D eigenvalue weighted by atomic mass is 31.2. The third-order valence-corrected chi connectivity index (χ3v) is 12.3. The third kappa shape index (κ3) is 53.9. The number of rotatable bonds is 48. The number of allylic oxidation sites excluding steroid dienone is 25. The van der Waals surface area contributed by atoms with Crippen LogP contribution in [0.3, 0.4) is 0 Å². The minimum absolute atomic E-state index is 0.0181. The number of quaternary nitrogens is 1. The lowest BCUT2D eigenvalue weighted by Crippen LogP contribution is -2.45. The monoisotopic (exact) mass is 1010 g/mol. The summed E-state index contributed by atoms with van der Waals surface area (Å²) in [7, 11) is 1.20. The van der Waals surface area contributed by atoms with E-state index in [1.165, 1.54) is 38.5 Å². The summed E-state index contributed by atoms with van der Waals surface area (Å²) in [6, 6.07) is -0.920. The van der Waals surface area contributed by atoms with Crippen LogP contribution in [0.2, 0.25) is 0 Å². The first-order valence-corrected chi connectivity index (χ1v) is 29.3. The first-order valence-electron chi connectivity index (χ1n) is 27.8. The second-order valence-electron chi connectivity index (χ2n) is 19.2. The number of aliphatic hydroxyl groups excluding tert-OH is 1. The smallest absolute Gasteiger partial charge is 0.268 e. The summed E-state index contributed by atoms with van der Waals surface area (Å²) < 4.78 is 23.1. The summed E-state index contributed by atoms with van der Waals surface area (Å²) >= 11 is 0. The molecule has 0 aliphatic carbocycles. The van der Waals surface area contributed by atoms with Crippen molar-refractivity contribution in [2.24, 2.45) is 0 Å². The van der Waals surface area contributed by atoms with Gasteiger partial charge in [0.2, 0.25) is 5.91 Å². The van der Waals surface area contributed by atoms with E-state index in [4.69, 9.17) is 9.05 Å². The molecule has 3 unspecified atom stereocenters. The molecule has 72 heavy (non-hydrogen) atoms. The molecule has 2 N–H and O–H groups in total. The van der Waals surface area contributed by atoms with E-state index in [1.807, 2.05) is 40.2 Å². The molecule has 0 radical (unpaired) electrons. The standard InChI is InChI=1S/C63H103N2O6P/c1-6-8-10-12-14-16-17-18-19-20-21-22-23-24-25-26-27-28-29-30-31-32-33-34-35-36-37-38-39-40-41-42-43-44-45-46-47-49-51-53-55-57-63(67)64-61(60-71-72(68,69)70-59-58-65(3,4)5)62(66)56-54-52-50-48-15-13-11-9-7-2/h7-10,14-16,18-19,21-22,24-25,27-28,30-31,33-34,36-37,39-40,48,54,56,61-62,66H,6,11-13,17,20,23,26,29,32,35,38,41-47,49-53,55,57-60H2,1-5H3,(H-,64,67,68,69)/b9-7+,10-8-,16-14-,19-18-,22-21-,25-24-,28-27-,31-30-,34-33-,37-36-,40-39-,48-15+,56-54+. The number of aliphatic hydroxyl groups is 1. The van der Waals surface area contributed by atoms with E-state index in [-0.39, 0.29) is 12.5 Å². The Kier molecular flexibility index (Phi) is 49.2. The average molecular weight is 1020 g/mol. The lowest BCUT2D eigenvalue weighted by Gasteiger charge is -2.29. The number of phosphoric ester groups is 1. The van der Waals surface area contributed by atoms with Crippen molar-refractivity contribution in [1.82, 2.24) is 5.32 Å². The zero-order chi connectivity index (χ0) is 52.7. The highest BCUT2D eigenvalue weighted by Crippen LogP contribution is 2.38. The van der Waals surface area contributed by atoms with Crippen LogP contribution in [0.4, 0.5) is 0 Å². The summed E-state index contributed by atoms with van der Waals surface area (Å²) in [5, 5.41) is 13.7. The summed E-state index contributed by atoms with van der Waals surface area (Å²) in [4.78, 5) is 25.3. The van der Waals surface area contributed by atoms with Crippen molar-refractivity contribution in [2.75, 3.05) is 40.9 Å². The number of hydrogen-bond donors (Lipinski definition) is 2. The van der Waals surface area contributed by atoms with Gasteiger partial charge in [-0.2, -0.15) is 0 Å². The fourth-order valence-corrected chi connectivity index (χ4v) is 7.71. The van der Waals surface area contributed by atoms with Gasteiger partial charge in [-0.25, -0.2) is 0 Å². The molecule has 1 amide bonds. The number of carbonyl (C=O) groups is 1. The first kappa shape index (κ1) is 68.1. The predicted molar refractivity (Wildman–Crippen MR) is 311 cm³/mol. The molecule has 0 aliphatic heterocycles. The van der Waals surface area contributed by atoms with Gasteiger partial charge in [-0.15, -0.1) is 0 Å². The van der Waals surface area contributed by atoms with Gasteiger partial charge in [0, 0.05) is 6.42 Å². The van der Waals surface area contributed by atoms with Crippen molar-refractivity contribution in [3.8, 4) is 0 Å². The summed E-state index contributed by atoms with van der Waals surface area (Å²) in [5.74, 6) is -0.227. The number of nitrogens with one attached hydrogen (secondary N) is 1. The summed E-state index contributed by atoms with van der Waals surface area (Å²) in [6.45, 7) is 4.23. The minimum atomic E-state index is -4.61. The number of unbranched alkanes of at least 4 members (excludes halogenated alkanes) is 12. The largest absolute Gasteiger partial charge is 0.756 e. The lowest BCUT2D eigenvalue weighted by atomic mass is 10.0. The highest BCUT2D eigenvalue weighted by Gasteiger charge is 2.23. The van der Waals surface area contributed by atoms with Gasteiger partial charge < -0.3 is 28.8 Å². The van der Waals surface area contributed by atoms with Gasteiger partial charge in [0.25, 0.3) is 7.82 Å². The van der Waals surface area contributed by atoms with Crippen LogP contribution in [0.1, 0.15) is 181 Å². The van der Waals surface area contributed by atoms with Crippen LogP contribution in [0.15, 0.2) is 158 Å². The van der Waals surface area contributed by atoms with Gasteiger partial charge in [-0.05, 0) is 116 Å². The van der Waals surface area contributed by atoms with E-state index in [2.05, 4.69) is 152 Å². The molecule has 0 bridgehead atoms. The summed E-state index contributed by atoms with van der Waals surface area (Å²) in [5.41, 5.74) is 0. The van der Waals surface area contributed by atoms with Crippen LogP contribution in [-0.2, 0) is 18.4 Å². The topological polar surface area (TPSA) is 108 Å². The zero-order valence-corrected chi connectivity index (χ0v) is 46.9. The van der Waals surface area contributed by atoms with Gasteiger partial charge in [0.05, 0.1) is 39.9 Å². The molecule has 0 aliphatic rings. The van der Waals surface area contributed by atoms with Crippen molar-refractivity contribution in [1.29, 1.82) is 0 Å². The van der Waals surface area contributed by atoms with Crippen LogP contribution >= 0.6 is 7.82 Å². The Hall–Kier alpha value is -3.88. The maximum Gasteiger partial charge on any atom is 0.268 e. The lowest BCUT2D eigenvalue weighted by molar-refractivity contribution is -0.870. The highest BCUT2D eigenvalue weighted by molar-refractivity contribution is 7.45. The van der Waals surface area contributed by atoms with Crippen molar-refractivity contribution in [3.05, 3.63) is 158 Å². The fraction of sp³-hybridized carbons (Fsp3) is 0.571. The molecule has 0 aromatic rings. The maximum atomic E-state index is 12.9. The van der Waals surface area contributed by atoms with Crippen LogP contribution in [-0.4, -0.2) is 68.5 Å². The Bertz CT molecular complexity index is 1720. The molecule has 0 heterocycles. The number of hydrogen-bond acceptors (Lipinski definition) is 6. The number of carbonyl (C=O) groups excluding carboxylic acids is 1. The van der Waals surface area contributed by atoms with Crippen LogP contribution < -0.4 is 10.2 Å². The average Bonchev–Trinajstić information content (AvgIpc) is 3.34. The Morgan fingerprint density at radius 3 is 1.29 bits per heavy atom. The minimum Gasteiger partial charge on any atom is -0.756 e. The summed E-state index contributed by atoms with van der Waals surface area (Å²) in [6.07, 6.45) is 82.2. The van der Waals surface area contributed by atoms with E-state index in [9.17, 15) is 19.4 Å². The van der Waals surface area contributed by atoms with Gasteiger partial charge in [0.1, 0.15) is 13.2 Å². The fourth-order valence-electron chi connectivity index (χ4n) is 6.98. The second-order valence-corrected chi connectivity index (χ2v) is 20.6. The molecule has 0 saturated heterocycles. The molecule has 0 fully saturated rings. The Balaban J connectivity index is 4.04. The van der Waals surface area contributed by atoms with Crippen molar-refractivity contribution >= 4 is 13.7 Å². The number of likely N-dealkylation sites (N-methyl/N-ethyl adjacent to an activating group) is 1. The van der Waals surface area contributed by atoms with E-state index >= 15 is 0 Å². The molecule has 0 saturated carbocycles. The van der Waals surface area contributed by atoms with Crippen molar-refractivity contribution < 1.29 is 32.9 Å². The van der Waals surface area contributed by atoms with Crippen LogP contribution in [0.25, 0.3) is 0 Å². The Morgan fingerprint density at radius 2 is 0.875 bits per heavy atom. The number of nitrogens with zero attached hydrogens (tertiary/aromatic N) is 1. The number of amides is 1. The molecule has 0 aromatic carbocycles. The van der Waals surface area contributed by atoms with Gasteiger partial charge in [0.15, 0.2) is 0 Å². The van der Waals surface area contributed by atoms with Crippen LogP contribution in [0, 0.1) is 0 Å².